The molecule has 33 heavy (non-hydrogen) atoms. The Hall–Kier alpha value is -3.91. The number of aromatic nitrogens is 6. The third-order valence-corrected chi connectivity index (χ3v) is 6.06. The monoisotopic (exact) mass is 437 g/mol. The van der Waals surface area contributed by atoms with Gasteiger partial charge in [-0.1, -0.05) is 35.5 Å². The average molecular weight is 438 g/mol. The first-order valence-corrected chi connectivity index (χ1v) is 11.2. The second-order valence-corrected chi connectivity index (χ2v) is 8.38. The van der Waals surface area contributed by atoms with E-state index >= 15 is 0 Å². The zero-order valence-corrected chi connectivity index (χ0v) is 18.3. The standard InChI is InChI=1S/C25H23N7O/c1-17-21-14-20(15-27-24(21)32(29-17)22-6-2-3-11-26-22)25-28-23(30-33-25)19-9-7-18(8-10-19)16-31-12-4-5-13-31/h2-3,6-11,14-15H,4-5,12-13,16H2,1H3. The first-order chi connectivity index (χ1) is 16.2. The van der Waals surface area contributed by atoms with Crippen molar-refractivity contribution in [2.45, 2.75) is 26.3 Å². The number of nitrogens with zero attached hydrogens (tertiary/aromatic N) is 7. The Bertz CT molecular complexity index is 1400. The van der Waals surface area contributed by atoms with Crippen molar-refractivity contribution in [3.8, 4) is 28.7 Å². The van der Waals surface area contributed by atoms with Gasteiger partial charge in [0.15, 0.2) is 11.5 Å². The highest BCUT2D eigenvalue weighted by Crippen LogP contribution is 2.27. The molecule has 164 valence electrons. The maximum absolute atomic E-state index is 5.57. The quantitative estimate of drug-likeness (QED) is 0.402. The molecule has 0 unspecified atom stereocenters. The van der Waals surface area contributed by atoms with Crippen LogP contribution in [-0.4, -0.2) is 47.9 Å². The first kappa shape index (κ1) is 19.8. The van der Waals surface area contributed by atoms with Gasteiger partial charge in [0.05, 0.1) is 11.3 Å². The Kier molecular flexibility index (Phi) is 4.92. The Balaban J connectivity index is 1.27. The molecule has 0 saturated carbocycles. The summed E-state index contributed by atoms with van der Waals surface area (Å²) in [5.74, 6) is 1.73. The maximum Gasteiger partial charge on any atom is 0.259 e. The summed E-state index contributed by atoms with van der Waals surface area (Å²) in [5, 5.41) is 9.73. The largest absolute Gasteiger partial charge is 0.334 e. The van der Waals surface area contributed by atoms with Gasteiger partial charge in [-0.2, -0.15) is 14.8 Å². The number of likely N-dealkylation sites (tertiary alicyclic amines) is 1. The predicted molar refractivity (Wildman–Crippen MR) is 125 cm³/mol. The van der Waals surface area contributed by atoms with Gasteiger partial charge in [-0.05, 0) is 56.6 Å². The van der Waals surface area contributed by atoms with Crippen molar-refractivity contribution >= 4 is 11.0 Å². The zero-order chi connectivity index (χ0) is 22.2. The van der Waals surface area contributed by atoms with E-state index in [2.05, 4.69) is 54.4 Å². The molecule has 5 aromatic rings. The van der Waals surface area contributed by atoms with Gasteiger partial charge in [0.2, 0.25) is 5.82 Å². The molecule has 4 aromatic heterocycles. The lowest BCUT2D eigenvalue weighted by molar-refractivity contribution is 0.331. The number of benzene rings is 1. The van der Waals surface area contributed by atoms with E-state index in [0.29, 0.717) is 11.7 Å². The highest BCUT2D eigenvalue weighted by atomic mass is 16.5. The normalized spacial score (nSPS) is 14.3. The lowest BCUT2D eigenvalue weighted by Crippen LogP contribution is -2.18. The van der Waals surface area contributed by atoms with Crippen LogP contribution in [-0.2, 0) is 6.54 Å². The lowest BCUT2D eigenvalue weighted by Gasteiger charge is -2.14. The fraction of sp³-hybridized carbons (Fsp3) is 0.240. The molecule has 0 amide bonds. The van der Waals surface area contributed by atoms with Gasteiger partial charge in [0.25, 0.3) is 5.89 Å². The van der Waals surface area contributed by atoms with Crippen molar-refractivity contribution in [3.63, 3.8) is 0 Å². The van der Waals surface area contributed by atoms with Crippen LogP contribution in [0.25, 0.3) is 39.7 Å². The molecule has 0 aliphatic carbocycles. The maximum atomic E-state index is 5.57. The molecule has 0 bridgehead atoms. The Morgan fingerprint density at radius 3 is 2.61 bits per heavy atom. The average Bonchev–Trinajstić information content (AvgIpc) is 3.61. The molecule has 8 heteroatoms. The second kappa shape index (κ2) is 8.22. The summed E-state index contributed by atoms with van der Waals surface area (Å²) in [5.41, 5.74) is 4.60. The molecule has 6 rings (SSSR count). The van der Waals surface area contributed by atoms with Crippen molar-refractivity contribution in [2.24, 2.45) is 0 Å². The number of hydrogen-bond donors (Lipinski definition) is 0. The molecule has 8 nitrogen and oxygen atoms in total. The fourth-order valence-corrected chi connectivity index (χ4v) is 4.32. The Morgan fingerprint density at radius 1 is 0.970 bits per heavy atom. The summed E-state index contributed by atoms with van der Waals surface area (Å²) < 4.78 is 7.32. The van der Waals surface area contributed by atoms with E-state index in [-0.39, 0.29) is 0 Å². The topological polar surface area (TPSA) is 85.8 Å². The van der Waals surface area contributed by atoms with Crippen LogP contribution >= 0.6 is 0 Å². The molecule has 1 fully saturated rings. The SMILES string of the molecule is Cc1nn(-c2ccccn2)c2ncc(-c3nc(-c4ccc(CN5CCCC5)cc4)no3)cc12. The van der Waals surface area contributed by atoms with Gasteiger partial charge in [-0.25, -0.2) is 9.97 Å². The third-order valence-electron chi connectivity index (χ3n) is 6.06. The molecule has 0 N–H and O–H groups in total. The van der Waals surface area contributed by atoms with Crippen molar-refractivity contribution in [1.82, 2.24) is 34.8 Å². The van der Waals surface area contributed by atoms with Crippen molar-refractivity contribution in [3.05, 3.63) is 72.2 Å². The number of hydrogen-bond acceptors (Lipinski definition) is 7. The first-order valence-electron chi connectivity index (χ1n) is 11.2. The minimum Gasteiger partial charge on any atom is -0.334 e. The third kappa shape index (κ3) is 3.78. The molecular weight excluding hydrogens is 414 g/mol. The molecule has 0 spiro atoms. The van der Waals surface area contributed by atoms with Gasteiger partial charge in [0.1, 0.15) is 0 Å². The van der Waals surface area contributed by atoms with E-state index < -0.39 is 0 Å². The summed E-state index contributed by atoms with van der Waals surface area (Å²) in [6.45, 7) is 5.33. The van der Waals surface area contributed by atoms with Gasteiger partial charge >= 0.3 is 0 Å². The lowest BCUT2D eigenvalue weighted by atomic mass is 10.1. The molecule has 1 aromatic carbocycles. The smallest absolute Gasteiger partial charge is 0.259 e. The van der Waals surface area contributed by atoms with Crippen LogP contribution in [0.1, 0.15) is 24.1 Å². The van der Waals surface area contributed by atoms with E-state index in [9.17, 15) is 0 Å². The van der Waals surface area contributed by atoms with Crippen molar-refractivity contribution < 1.29 is 4.52 Å². The van der Waals surface area contributed by atoms with Crippen LogP contribution in [0.2, 0.25) is 0 Å². The van der Waals surface area contributed by atoms with Crippen LogP contribution in [0, 0.1) is 6.92 Å². The Morgan fingerprint density at radius 2 is 1.82 bits per heavy atom. The van der Waals surface area contributed by atoms with E-state index in [4.69, 9.17) is 4.52 Å². The number of rotatable bonds is 5. The van der Waals surface area contributed by atoms with Crippen LogP contribution in [0.5, 0.6) is 0 Å². The molecule has 1 saturated heterocycles. The fourth-order valence-electron chi connectivity index (χ4n) is 4.32. The zero-order valence-electron chi connectivity index (χ0n) is 18.3. The van der Waals surface area contributed by atoms with Crippen molar-refractivity contribution in [2.75, 3.05) is 13.1 Å². The van der Waals surface area contributed by atoms with Crippen molar-refractivity contribution in [1.29, 1.82) is 0 Å². The van der Waals surface area contributed by atoms with Crippen LogP contribution in [0.15, 0.2) is 65.4 Å². The second-order valence-electron chi connectivity index (χ2n) is 8.38. The molecule has 5 heterocycles. The van der Waals surface area contributed by atoms with E-state index in [0.717, 1.165) is 40.2 Å². The molecule has 0 atom stereocenters. The van der Waals surface area contributed by atoms with Crippen LogP contribution < -0.4 is 0 Å². The van der Waals surface area contributed by atoms with Gasteiger partial charge in [-0.15, -0.1) is 0 Å². The van der Waals surface area contributed by atoms with Crippen LogP contribution in [0.4, 0.5) is 0 Å². The summed E-state index contributed by atoms with van der Waals surface area (Å²) >= 11 is 0. The van der Waals surface area contributed by atoms with Gasteiger partial charge in [0, 0.05) is 29.9 Å². The molecule has 1 aliphatic heterocycles. The van der Waals surface area contributed by atoms with E-state index in [1.54, 1.807) is 17.1 Å². The van der Waals surface area contributed by atoms with Crippen LogP contribution in [0.3, 0.4) is 0 Å². The number of aryl methyl sites for hydroxylation is 1. The summed E-state index contributed by atoms with van der Waals surface area (Å²) in [6.07, 6.45) is 6.08. The highest BCUT2D eigenvalue weighted by molar-refractivity contribution is 5.83. The summed E-state index contributed by atoms with van der Waals surface area (Å²) in [6, 6.07) is 16.1. The summed E-state index contributed by atoms with van der Waals surface area (Å²) in [4.78, 5) is 16.1. The summed E-state index contributed by atoms with van der Waals surface area (Å²) in [7, 11) is 0. The van der Waals surface area contributed by atoms with E-state index in [1.165, 1.54) is 31.5 Å². The Labute approximate surface area is 190 Å². The minimum atomic E-state index is 0.436. The van der Waals surface area contributed by atoms with Gasteiger partial charge < -0.3 is 4.52 Å². The highest BCUT2D eigenvalue weighted by Gasteiger charge is 2.17. The molecular formula is C25H23N7O. The number of fused-ring (bicyclic) bond motifs is 1. The van der Waals surface area contributed by atoms with E-state index in [1.807, 2.05) is 31.2 Å². The minimum absolute atomic E-state index is 0.436. The predicted octanol–water partition coefficient (Wildman–Crippen LogP) is 4.44. The molecule has 1 aliphatic rings. The van der Waals surface area contributed by atoms with Gasteiger partial charge in [-0.3, -0.25) is 4.90 Å². The number of pyridine rings is 2. The molecule has 0 radical (unpaired) electrons.